The molecule has 2 saturated carbocycles. The maximum Gasteiger partial charge on any atom is 0.407 e. The van der Waals surface area contributed by atoms with Crippen molar-refractivity contribution in [3.63, 3.8) is 0 Å². The lowest BCUT2D eigenvalue weighted by Crippen LogP contribution is -2.39. The summed E-state index contributed by atoms with van der Waals surface area (Å²) in [5.74, 6) is 2.29. The summed E-state index contributed by atoms with van der Waals surface area (Å²) in [6, 6.07) is 27.3. The molecule has 16 heteroatoms. The van der Waals surface area contributed by atoms with Crippen molar-refractivity contribution in [2.45, 2.75) is 134 Å². The summed E-state index contributed by atoms with van der Waals surface area (Å²) in [6.45, 7) is 20.7. The first-order chi connectivity index (χ1) is 34.2. The van der Waals surface area contributed by atoms with Crippen molar-refractivity contribution in [3.05, 3.63) is 113 Å². The van der Waals surface area contributed by atoms with Gasteiger partial charge in [0.1, 0.15) is 17.0 Å². The highest BCUT2D eigenvalue weighted by atomic mass is 16.7. The first-order valence-electron chi connectivity index (χ1n) is 24.8. The number of benzene rings is 4. The second-order valence-corrected chi connectivity index (χ2v) is 22.8. The standard InChI is InChI=1S/C29H34N2O5.C17H25N3O2.C11H10O4/c1-27(2,3)36-26(33)30-16-28(4,5)24-14-19-12-18(6-8-21(19)31-24)13-25(32)29(10-11-29)20-7-9-22-23(15-20)35-17-34-22;1-16(2,3)22-15(21)19-10-17(4,5)14-9-11-8-12(18)6-7-13(11)20-14;12-10(13)11(3-4-11)7-1-2-8-9(5-7)15-6-14-8/h6-9,12,14-15,31H,10-11,13,16-17H2,1-5H3,(H,30,33);6-9,20H,10,18H2,1-5H3,(H,19,21);1-2,5H,3-4,6H2,(H,12,13). The number of aliphatic carboxylic acids is 1. The summed E-state index contributed by atoms with van der Waals surface area (Å²) >= 11 is 0. The molecule has 2 amide bonds. The maximum absolute atomic E-state index is 13.4. The minimum Gasteiger partial charge on any atom is -0.481 e. The largest absolute Gasteiger partial charge is 0.481 e. The van der Waals surface area contributed by atoms with E-state index in [1.54, 1.807) is 12.1 Å². The van der Waals surface area contributed by atoms with Gasteiger partial charge in [-0.25, -0.2) is 9.59 Å². The van der Waals surface area contributed by atoms with Gasteiger partial charge in [0.05, 0.1) is 10.8 Å². The van der Waals surface area contributed by atoms with Crippen LogP contribution in [0.1, 0.15) is 123 Å². The molecule has 2 aromatic heterocycles. The second kappa shape index (κ2) is 19.6. The van der Waals surface area contributed by atoms with Gasteiger partial charge >= 0.3 is 18.2 Å². The summed E-state index contributed by atoms with van der Waals surface area (Å²) < 4.78 is 32.0. The van der Waals surface area contributed by atoms with Crippen LogP contribution >= 0.6 is 0 Å². The first kappa shape index (κ1) is 52.0. The number of nitrogens with two attached hydrogens (primary N) is 1. The van der Waals surface area contributed by atoms with E-state index in [0.717, 1.165) is 79.9 Å². The lowest BCUT2D eigenvalue weighted by Gasteiger charge is -2.25. The van der Waals surface area contributed by atoms with Gasteiger partial charge in [-0.1, -0.05) is 45.9 Å². The van der Waals surface area contributed by atoms with Gasteiger partial charge in [-0.15, -0.1) is 0 Å². The third kappa shape index (κ3) is 12.1. The zero-order valence-corrected chi connectivity index (χ0v) is 43.6. The van der Waals surface area contributed by atoms with Gasteiger partial charge in [-0.05, 0) is 156 Å². The van der Waals surface area contributed by atoms with Crippen LogP contribution in [0.15, 0.2) is 84.9 Å². The number of anilines is 1. The average Bonchev–Trinajstić information content (AvgIpc) is 4.01. The monoisotopic (exact) mass is 999 g/mol. The summed E-state index contributed by atoms with van der Waals surface area (Å²) in [7, 11) is 0. The molecular formula is C57H69N5O11. The van der Waals surface area contributed by atoms with Gasteiger partial charge in [-0.2, -0.15) is 0 Å². The van der Waals surface area contributed by atoms with E-state index in [0.29, 0.717) is 43.9 Å². The molecule has 2 aliphatic carbocycles. The van der Waals surface area contributed by atoms with Crippen molar-refractivity contribution in [1.29, 1.82) is 0 Å². The lowest BCUT2D eigenvalue weighted by molar-refractivity contribution is -0.140. The Morgan fingerprint density at radius 2 is 1.01 bits per heavy atom. The van der Waals surface area contributed by atoms with E-state index < -0.39 is 40.2 Å². The van der Waals surface area contributed by atoms with E-state index >= 15 is 0 Å². The molecule has 0 radical (unpaired) electrons. The molecular weight excluding hydrogens is 931 g/mol. The van der Waals surface area contributed by atoms with E-state index in [-0.39, 0.29) is 30.2 Å². The number of Topliss-reactive ketones (excluding diaryl/α,β-unsaturated/α-hetero) is 1. The summed E-state index contributed by atoms with van der Waals surface area (Å²) in [6.07, 6.45) is 2.70. The van der Waals surface area contributed by atoms with Crippen LogP contribution in [0.5, 0.6) is 23.0 Å². The summed E-state index contributed by atoms with van der Waals surface area (Å²) in [5, 5.41) is 17.0. The Kier molecular flexibility index (Phi) is 13.9. The van der Waals surface area contributed by atoms with E-state index in [2.05, 4.69) is 66.5 Å². The summed E-state index contributed by atoms with van der Waals surface area (Å²) in [5.41, 5.74) is 10.8. The van der Waals surface area contributed by atoms with Crippen LogP contribution in [0, 0.1) is 0 Å². The molecule has 73 heavy (non-hydrogen) atoms. The molecule has 2 fully saturated rings. The Balaban J connectivity index is 0.000000162. The highest BCUT2D eigenvalue weighted by Crippen LogP contribution is 2.52. The fourth-order valence-corrected chi connectivity index (χ4v) is 8.92. The number of H-pyrrole nitrogens is 2. The van der Waals surface area contributed by atoms with E-state index in [4.69, 9.17) is 39.3 Å². The third-order valence-corrected chi connectivity index (χ3v) is 13.6. The van der Waals surface area contributed by atoms with Crippen molar-refractivity contribution in [3.8, 4) is 23.0 Å². The number of carboxylic acids is 1. The topological polar surface area (TPSA) is 226 Å². The predicted octanol–water partition coefficient (Wildman–Crippen LogP) is 10.6. The number of ketones is 1. The number of carbonyl (C=O) groups is 4. The minimum atomic E-state index is -0.749. The number of aromatic nitrogens is 2. The van der Waals surface area contributed by atoms with Gasteiger partial charge in [0.15, 0.2) is 23.0 Å². The smallest absolute Gasteiger partial charge is 0.407 e. The maximum atomic E-state index is 13.4. The van der Waals surface area contributed by atoms with Crippen molar-refractivity contribution in [2.75, 3.05) is 32.4 Å². The Morgan fingerprint density at radius 1 is 0.575 bits per heavy atom. The lowest BCUT2D eigenvalue weighted by atomic mass is 9.87. The molecule has 0 bridgehead atoms. The zero-order valence-electron chi connectivity index (χ0n) is 43.6. The van der Waals surface area contributed by atoms with Crippen LogP contribution in [0.25, 0.3) is 21.8 Å². The third-order valence-electron chi connectivity index (χ3n) is 13.6. The zero-order chi connectivity index (χ0) is 52.7. The van der Waals surface area contributed by atoms with Crippen LogP contribution in [-0.2, 0) is 47.1 Å². The van der Waals surface area contributed by atoms with Crippen LogP contribution in [0.3, 0.4) is 0 Å². The highest BCUT2D eigenvalue weighted by Gasteiger charge is 2.52. The van der Waals surface area contributed by atoms with Crippen molar-refractivity contribution in [1.82, 2.24) is 20.6 Å². The molecule has 0 spiro atoms. The molecule has 16 nitrogen and oxygen atoms in total. The molecule has 388 valence electrons. The first-order valence-corrected chi connectivity index (χ1v) is 24.8. The van der Waals surface area contributed by atoms with Crippen molar-refractivity contribution in [2.24, 2.45) is 0 Å². The van der Waals surface area contributed by atoms with Gasteiger partial charge in [0.25, 0.3) is 0 Å². The van der Waals surface area contributed by atoms with Gasteiger partial charge in [0, 0.05) is 63.8 Å². The minimum absolute atomic E-state index is 0.221. The number of hydrogen-bond acceptors (Lipinski definition) is 11. The number of aromatic amines is 2. The van der Waals surface area contributed by atoms with Crippen LogP contribution in [-0.4, -0.2) is 76.9 Å². The van der Waals surface area contributed by atoms with Crippen LogP contribution in [0.2, 0.25) is 0 Å². The molecule has 0 unspecified atom stereocenters. The SMILES string of the molecule is CC(C)(C)OC(=O)NCC(C)(C)c1cc2cc(CC(=O)C3(c4ccc5c(c4)OCO5)CC3)ccc2[nH]1.CC(C)(C)OC(=O)NCC(C)(C)c1cc2cc(N)ccc2[nH]1.O=C(O)C1(c2ccc3c(c2)OCO3)CC1. The van der Waals surface area contributed by atoms with Crippen LogP contribution < -0.4 is 35.3 Å². The number of hydrogen-bond donors (Lipinski definition) is 6. The number of nitrogens with one attached hydrogen (secondary N) is 4. The quantitative estimate of drug-likeness (QED) is 0.0630. The van der Waals surface area contributed by atoms with E-state index in [1.165, 1.54) is 0 Å². The fourth-order valence-electron chi connectivity index (χ4n) is 8.92. The Hall–Kier alpha value is -7.36. The number of amides is 2. The number of carbonyl (C=O) groups excluding carboxylic acids is 3. The Bertz CT molecular complexity index is 3050. The number of ether oxygens (including phenoxy) is 6. The fraction of sp³-hybridized carbons (Fsp3) is 0.439. The molecule has 6 aromatic rings. The molecule has 7 N–H and O–H groups in total. The number of carboxylic acid groups (broad SMARTS) is 1. The number of nitrogen functional groups attached to an aromatic ring is 1. The highest BCUT2D eigenvalue weighted by molar-refractivity contribution is 5.95. The normalized spacial score (nSPS) is 15.8. The van der Waals surface area contributed by atoms with Crippen molar-refractivity contribution >= 4 is 51.4 Å². The summed E-state index contributed by atoms with van der Waals surface area (Å²) in [4.78, 5) is 55.3. The van der Waals surface area contributed by atoms with Crippen LogP contribution in [0.4, 0.5) is 15.3 Å². The van der Waals surface area contributed by atoms with Gasteiger partial charge in [-0.3, -0.25) is 9.59 Å². The number of rotatable bonds is 12. The number of fused-ring (bicyclic) bond motifs is 4. The number of alkyl carbamates (subject to hydrolysis) is 2. The van der Waals surface area contributed by atoms with Crippen molar-refractivity contribution < 1.29 is 52.7 Å². The second-order valence-electron chi connectivity index (χ2n) is 22.8. The van der Waals surface area contributed by atoms with E-state index in [1.807, 2.05) is 96.1 Å². The molecule has 0 atom stereocenters. The van der Waals surface area contributed by atoms with E-state index in [9.17, 15) is 19.2 Å². The van der Waals surface area contributed by atoms with Gasteiger partial charge in [0.2, 0.25) is 13.6 Å². The molecule has 0 saturated heterocycles. The molecule has 4 aliphatic rings. The Labute approximate surface area is 426 Å². The predicted molar refractivity (Wildman–Crippen MR) is 279 cm³/mol. The Morgan fingerprint density at radius 3 is 1.47 bits per heavy atom. The molecule has 4 heterocycles. The average molecular weight is 1000 g/mol. The molecule has 2 aliphatic heterocycles. The molecule has 10 rings (SSSR count). The molecule has 4 aromatic carbocycles. The van der Waals surface area contributed by atoms with Gasteiger partial charge < -0.3 is 59.9 Å².